The molecule has 3 heterocycles. The molecule has 1 saturated heterocycles. The number of nitrogens with zero attached hydrogens (tertiary/aromatic N) is 3. The molecule has 10 heteroatoms. The molecule has 32 heavy (non-hydrogen) atoms. The number of thiazole rings is 1. The Hall–Kier alpha value is -2.69. The van der Waals surface area contributed by atoms with E-state index in [9.17, 15) is 13.2 Å². The number of methoxy groups -OCH3 is 1. The van der Waals surface area contributed by atoms with E-state index < -0.39 is 10.0 Å². The van der Waals surface area contributed by atoms with Gasteiger partial charge >= 0.3 is 0 Å². The predicted octanol–water partition coefficient (Wildman–Crippen LogP) is 3.18. The highest BCUT2D eigenvalue weighted by Gasteiger charge is 2.26. The number of aromatic nitrogens is 2. The van der Waals surface area contributed by atoms with Crippen molar-refractivity contribution < 1.29 is 17.9 Å². The third kappa shape index (κ3) is 4.43. The van der Waals surface area contributed by atoms with Gasteiger partial charge in [0.1, 0.15) is 20.5 Å². The molecule has 1 fully saturated rings. The van der Waals surface area contributed by atoms with Crippen molar-refractivity contribution in [3.63, 3.8) is 0 Å². The van der Waals surface area contributed by atoms with Crippen LogP contribution in [0.1, 0.15) is 33.8 Å². The maximum Gasteiger partial charge on any atom is 0.265 e. The molecule has 0 radical (unpaired) electrons. The smallest absolute Gasteiger partial charge is 0.265 e. The zero-order valence-corrected chi connectivity index (χ0v) is 19.9. The van der Waals surface area contributed by atoms with Gasteiger partial charge in [0, 0.05) is 38.4 Å². The van der Waals surface area contributed by atoms with E-state index in [0.717, 1.165) is 31.5 Å². The molecule has 0 aliphatic carbocycles. The maximum atomic E-state index is 12.9. The first kappa shape index (κ1) is 22.5. The van der Waals surface area contributed by atoms with Gasteiger partial charge in [-0.2, -0.15) is 0 Å². The monoisotopic (exact) mass is 474 g/mol. The summed E-state index contributed by atoms with van der Waals surface area (Å²) in [6, 6.07) is 8.86. The molecule has 0 saturated carbocycles. The number of nitrogens with one attached hydrogen (secondary N) is 1. The lowest BCUT2D eigenvalue weighted by molar-refractivity contribution is 0.0796. The summed E-state index contributed by atoms with van der Waals surface area (Å²) in [5.41, 5.74) is 2.06. The number of likely N-dealkylation sites (tertiary alicyclic amines) is 1. The summed E-state index contributed by atoms with van der Waals surface area (Å²) in [5.74, 6) is 0.627. The van der Waals surface area contributed by atoms with Crippen LogP contribution in [0.4, 0.5) is 0 Å². The number of rotatable bonds is 7. The van der Waals surface area contributed by atoms with Crippen LogP contribution in [0.5, 0.6) is 5.75 Å². The van der Waals surface area contributed by atoms with E-state index in [1.165, 1.54) is 11.3 Å². The van der Waals surface area contributed by atoms with Crippen molar-refractivity contribution in [1.82, 2.24) is 19.2 Å². The lowest BCUT2D eigenvalue weighted by Gasteiger charge is -2.13. The van der Waals surface area contributed by atoms with Crippen molar-refractivity contribution in [2.24, 2.45) is 7.05 Å². The van der Waals surface area contributed by atoms with Crippen LogP contribution in [-0.2, 0) is 23.6 Å². The van der Waals surface area contributed by atoms with Gasteiger partial charge in [0.2, 0.25) is 10.0 Å². The van der Waals surface area contributed by atoms with Crippen molar-refractivity contribution >= 4 is 27.3 Å². The normalized spacial score (nSPS) is 14.2. The van der Waals surface area contributed by atoms with Crippen LogP contribution in [0.2, 0.25) is 0 Å². The topological polar surface area (TPSA) is 93.5 Å². The van der Waals surface area contributed by atoms with Gasteiger partial charge in [-0.05, 0) is 31.9 Å². The van der Waals surface area contributed by atoms with E-state index in [1.807, 2.05) is 30.0 Å². The van der Waals surface area contributed by atoms with E-state index in [4.69, 9.17) is 4.74 Å². The number of aryl methyl sites for hydroxylation is 2. The molecule has 170 valence electrons. The number of carbonyl (C=O) groups excluding carboxylic acids is 1. The lowest BCUT2D eigenvalue weighted by atomic mass is 10.2. The summed E-state index contributed by atoms with van der Waals surface area (Å²) in [6.45, 7) is 3.48. The molecule has 0 spiro atoms. The summed E-state index contributed by atoms with van der Waals surface area (Å²) in [7, 11) is -0.428. The maximum absolute atomic E-state index is 12.9. The highest BCUT2D eigenvalue weighted by Crippen LogP contribution is 2.31. The molecule has 1 N–H and O–H groups in total. The van der Waals surface area contributed by atoms with Gasteiger partial charge in [-0.3, -0.25) is 4.79 Å². The Labute approximate surface area is 191 Å². The molecule has 0 unspecified atom stereocenters. The number of carbonyl (C=O) groups is 1. The SMILES string of the molecule is COc1ccccc1CNS(=O)(=O)c1cc(-c2nc(C)c(C(=O)N3CCCC3)s2)n(C)c1. The Bertz CT molecular complexity index is 1240. The molecule has 3 aromatic rings. The van der Waals surface area contributed by atoms with Crippen LogP contribution in [0.3, 0.4) is 0 Å². The average molecular weight is 475 g/mol. The van der Waals surface area contributed by atoms with Crippen molar-refractivity contribution in [3.8, 4) is 16.5 Å². The summed E-state index contributed by atoms with van der Waals surface area (Å²) >= 11 is 1.31. The fourth-order valence-corrected chi connectivity index (χ4v) is 5.94. The summed E-state index contributed by atoms with van der Waals surface area (Å²) < 4.78 is 35.5. The van der Waals surface area contributed by atoms with E-state index in [2.05, 4.69) is 9.71 Å². The van der Waals surface area contributed by atoms with Crippen LogP contribution < -0.4 is 9.46 Å². The number of hydrogen-bond donors (Lipinski definition) is 1. The molecule has 1 aliphatic rings. The van der Waals surface area contributed by atoms with Crippen molar-refractivity contribution in [2.75, 3.05) is 20.2 Å². The van der Waals surface area contributed by atoms with Crippen LogP contribution >= 0.6 is 11.3 Å². The fourth-order valence-electron chi connectivity index (χ4n) is 3.77. The first-order chi connectivity index (χ1) is 15.3. The van der Waals surface area contributed by atoms with E-state index in [0.29, 0.717) is 27.0 Å². The lowest BCUT2D eigenvalue weighted by Crippen LogP contribution is -2.27. The van der Waals surface area contributed by atoms with E-state index >= 15 is 0 Å². The van der Waals surface area contributed by atoms with Gasteiger partial charge < -0.3 is 14.2 Å². The third-order valence-electron chi connectivity index (χ3n) is 5.54. The molecule has 0 bridgehead atoms. The Kier molecular flexibility index (Phi) is 6.36. The number of benzene rings is 1. The molecule has 2 aromatic heterocycles. The van der Waals surface area contributed by atoms with Crippen LogP contribution in [0.25, 0.3) is 10.7 Å². The second kappa shape index (κ2) is 9.05. The number of amides is 1. The number of ether oxygens (including phenoxy) is 1. The number of para-hydroxylation sites is 1. The van der Waals surface area contributed by atoms with Crippen molar-refractivity contribution in [1.29, 1.82) is 0 Å². The molecule has 1 amide bonds. The van der Waals surface area contributed by atoms with Crippen LogP contribution in [0, 0.1) is 6.92 Å². The Balaban J connectivity index is 1.56. The molecule has 1 aliphatic heterocycles. The molecular formula is C22H26N4O4S2. The molecular weight excluding hydrogens is 448 g/mol. The van der Waals surface area contributed by atoms with Crippen molar-refractivity contribution in [2.45, 2.75) is 31.2 Å². The summed E-state index contributed by atoms with van der Waals surface area (Å²) in [4.78, 5) is 20.0. The van der Waals surface area contributed by atoms with Gasteiger partial charge in [0.05, 0.1) is 18.5 Å². The van der Waals surface area contributed by atoms with Gasteiger partial charge in [-0.1, -0.05) is 18.2 Å². The standard InChI is InChI=1S/C22H26N4O4S2/c1-15-20(22(27)26-10-6-7-11-26)31-21(24-15)18-12-17(14-25(18)2)32(28,29)23-13-16-8-4-5-9-19(16)30-3/h4-5,8-9,12,14,23H,6-7,10-11,13H2,1-3H3. The highest BCUT2D eigenvalue weighted by molar-refractivity contribution is 7.89. The quantitative estimate of drug-likeness (QED) is 0.568. The Morgan fingerprint density at radius 1 is 1.25 bits per heavy atom. The molecule has 0 atom stereocenters. The molecule has 1 aromatic carbocycles. The third-order valence-corrected chi connectivity index (χ3v) is 8.07. The number of hydrogen-bond acceptors (Lipinski definition) is 6. The first-order valence-corrected chi connectivity index (χ1v) is 12.6. The minimum Gasteiger partial charge on any atom is -0.496 e. The Morgan fingerprint density at radius 3 is 2.69 bits per heavy atom. The van der Waals surface area contributed by atoms with Gasteiger partial charge in [-0.15, -0.1) is 11.3 Å². The van der Waals surface area contributed by atoms with Gasteiger partial charge in [-0.25, -0.2) is 18.1 Å². The highest BCUT2D eigenvalue weighted by atomic mass is 32.2. The average Bonchev–Trinajstić information content (AvgIpc) is 3.52. The van der Waals surface area contributed by atoms with E-state index in [-0.39, 0.29) is 17.3 Å². The van der Waals surface area contributed by atoms with Gasteiger partial charge in [0.25, 0.3) is 5.91 Å². The summed E-state index contributed by atoms with van der Waals surface area (Å²) in [6.07, 6.45) is 3.60. The van der Waals surface area contributed by atoms with E-state index in [1.54, 1.807) is 37.1 Å². The molecule has 8 nitrogen and oxygen atoms in total. The van der Waals surface area contributed by atoms with Crippen molar-refractivity contribution in [3.05, 3.63) is 52.7 Å². The Morgan fingerprint density at radius 2 is 1.97 bits per heavy atom. The predicted molar refractivity (Wildman–Crippen MR) is 123 cm³/mol. The van der Waals surface area contributed by atoms with Gasteiger partial charge in [0.15, 0.2) is 0 Å². The zero-order valence-electron chi connectivity index (χ0n) is 18.3. The minimum absolute atomic E-state index is 0.00396. The fraction of sp³-hybridized carbons (Fsp3) is 0.364. The van der Waals surface area contributed by atoms with Crippen LogP contribution in [-0.4, -0.2) is 49.0 Å². The molecule has 4 rings (SSSR count). The zero-order chi connectivity index (χ0) is 22.9. The second-order valence-corrected chi connectivity index (χ2v) is 10.5. The summed E-state index contributed by atoms with van der Waals surface area (Å²) in [5, 5.41) is 0.624. The largest absolute Gasteiger partial charge is 0.496 e. The second-order valence-electron chi connectivity index (χ2n) is 7.74. The van der Waals surface area contributed by atoms with Crippen LogP contribution in [0.15, 0.2) is 41.4 Å². The number of sulfonamides is 1. The first-order valence-electron chi connectivity index (χ1n) is 10.3. The minimum atomic E-state index is -3.75.